The minimum Gasteiger partial charge on any atom is -0.456 e. The van der Waals surface area contributed by atoms with E-state index in [1.54, 1.807) is 6.07 Å². The van der Waals surface area contributed by atoms with Crippen LogP contribution in [0.25, 0.3) is 43.9 Å². The lowest BCUT2D eigenvalue weighted by atomic mass is 10.1. The number of rotatable bonds is 1. The standard InChI is InChI=1S/C19H10O3/c20-10-11-4-3-6-13-15-9-17-14(8-18(15)22-19(11)13)12-5-1-2-7-16(12)21-17/h1-10H. The van der Waals surface area contributed by atoms with Crippen molar-refractivity contribution in [1.29, 1.82) is 0 Å². The van der Waals surface area contributed by atoms with E-state index in [4.69, 9.17) is 8.83 Å². The Bertz CT molecular complexity index is 1190. The van der Waals surface area contributed by atoms with Crippen LogP contribution >= 0.6 is 0 Å². The Morgan fingerprint density at radius 1 is 0.682 bits per heavy atom. The number of fused-ring (bicyclic) bond motifs is 6. The summed E-state index contributed by atoms with van der Waals surface area (Å²) >= 11 is 0. The second-order valence-electron chi connectivity index (χ2n) is 5.39. The van der Waals surface area contributed by atoms with Crippen LogP contribution in [0.15, 0.2) is 63.4 Å². The van der Waals surface area contributed by atoms with Crippen molar-refractivity contribution < 1.29 is 13.6 Å². The van der Waals surface area contributed by atoms with E-state index in [9.17, 15) is 4.79 Å². The fourth-order valence-corrected chi connectivity index (χ4v) is 3.13. The van der Waals surface area contributed by atoms with Crippen molar-refractivity contribution in [2.45, 2.75) is 0 Å². The van der Waals surface area contributed by atoms with Crippen LogP contribution in [0.3, 0.4) is 0 Å². The van der Waals surface area contributed by atoms with E-state index in [0.717, 1.165) is 44.6 Å². The maximum Gasteiger partial charge on any atom is 0.153 e. The van der Waals surface area contributed by atoms with Gasteiger partial charge in [0.05, 0.1) is 5.56 Å². The van der Waals surface area contributed by atoms with Gasteiger partial charge in [0.25, 0.3) is 0 Å². The van der Waals surface area contributed by atoms with Gasteiger partial charge in [0.2, 0.25) is 0 Å². The van der Waals surface area contributed by atoms with Gasteiger partial charge in [-0.25, -0.2) is 0 Å². The molecule has 0 aliphatic carbocycles. The van der Waals surface area contributed by atoms with E-state index in [1.807, 2.05) is 48.5 Å². The lowest BCUT2D eigenvalue weighted by molar-refractivity contribution is 0.112. The van der Waals surface area contributed by atoms with Gasteiger partial charge in [-0.15, -0.1) is 0 Å². The number of carbonyl (C=O) groups excluding carboxylic acids is 1. The number of hydrogen-bond donors (Lipinski definition) is 0. The zero-order valence-corrected chi connectivity index (χ0v) is 11.5. The van der Waals surface area contributed by atoms with Gasteiger partial charge in [-0.2, -0.15) is 0 Å². The van der Waals surface area contributed by atoms with Crippen molar-refractivity contribution in [2.24, 2.45) is 0 Å². The Kier molecular flexibility index (Phi) is 2.09. The predicted molar refractivity (Wildman–Crippen MR) is 86.4 cm³/mol. The van der Waals surface area contributed by atoms with E-state index in [1.165, 1.54) is 0 Å². The minimum atomic E-state index is 0.565. The molecule has 0 aliphatic heterocycles. The highest BCUT2D eigenvalue weighted by Crippen LogP contribution is 2.36. The molecule has 0 spiro atoms. The van der Waals surface area contributed by atoms with Crippen LogP contribution in [0, 0.1) is 0 Å². The summed E-state index contributed by atoms with van der Waals surface area (Å²) in [5, 5.41) is 3.98. The molecule has 3 nitrogen and oxygen atoms in total. The summed E-state index contributed by atoms with van der Waals surface area (Å²) in [6.07, 6.45) is 0.824. The first-order chi connectivity index (χ1) is 10.8. The van der Waals surface area contributed by atoms with Gasteiger partial charge in [0.15, 0.2) is 6.29 Å². The Morgan fingerprint density at radius 3 is 2.27 bits per heavy atom. The molecule has 0 saturated heterocycles. The lowest BCUT2D eigenvalue weighted by Crippen LogP contribution is -1.78. The summed E-state index contributed by atoms with van der Waals surface area (Å²) in [6.45, 7) is 0. The summed E-state index contributed by atoms with van der Waals surface area (Å²) in [6, 6.07) is 17.5. The first-order valence-electron chi connectivity index (χ1n) is 7.07. The van der Waals surface area contributed by atoms with Gasteiger partial charge >= 0.3 is 0 Å². The normalized spacial score (nSPS) is 11.8. The fraction of sp³-hybridized carbons (Fsp3) is 0. The Hall–Kier alpha value is -3.07. The molecule has 0 N–H and O–H groups in total. The molecule has 5 aromatic rings. The summed E-state index contributed by atoms with van der Waals surface area (Å²) < 4.78 is 11.9. The van der Waals surface area contributed by atoms with Gasteiger partial charge < -0.3 is 8.83 Å². The molecule has 0 saturated carbocycles. The molecule has 0 fully saturated rings. The van der Waals surface area contributed by atoms with Gasteiger partial charge in [-0.05, 0) is 24.3 Å². The molecular weight excluding hydrogens is 276 g/mol. The number of hydrogen-bond acceptors (Lipinski definition) is 3. The highest BCUT2D eigenvalue weighted by Gasteiger charge is 2.14. The summed E-state index contributed by atoms with van der Waals surface area (Å²) in [7, 11) is 0. The SMILES string of the molecule is O=Cc1cccc2c1oc1cc3c(cc12)oc1ccccc13. The van der Waals surface area contributed by atoms with Crippen molar-refractivity contribution in [3.63, 3.8) is 0 Å². The Balaban J connectivity index is 2.01. The Morgan fingerprint density at radius 2 is 1.41 bits per heavy atom. The molecule has 5 rings (SSSR count). The maximum atomic E-state index is 11.2. The third kappa shape index (κ3) is 1.37. The van der Waals surface area contributed by atoms with E-state index < -0.39 is 0 Å². The molecular formula is C19H10O3. The molecule has 0 atom stereocenters. The number of aldehydes is 1. The summed E-state index contributed by atoms with van der Waals surface area (Å²) in [4.78, 5) is 11.2. The van der Waals surface area contributed by atoms with Gasteiger partial charge in [-0.3, -0.25) is 4.79 Å². The zero-order chi connectivity index (χ0) is 14.7. The molecule has 3 heteroatoms. The average Bonchev–Trinajstić information content (AvgIpc) is 3.10. The van der Waals surface area contributed by atoms with Gasteiger partial charge in [-0.1, -0.05) is 30.3 Å². The molecule has 3 aromatic carbocycles. The number of benzene rings is 3. The molecule has 0 radical (unpaired) electrons. The molecule has 22 heavy (non-hydrogen) atoms. The number of furan rings is 2. The van der Waals surface area contributed by atoms with Gasteiger partial charge in [0.1, 0.15) is 22.3 Å². The number of carbonyl (C=O) groups is 1. The minimum absolute atomic E-state index is 0.565. The molecule has 0 amide bonds. The third-order valence-corrected chi connectivity index (χ3v) is 4.15. The van der Waals surface area contributed by atoms with Crippen LogP contribution in [0.1, 0.15) is 10.4 Å². The van der Waals surface area contributed by atoms with E-state index in [2.05, 4.69) is 0 Å². The topological polar surface area (TPSA) is 43.4 Å². The summed E-state index contributed by atoms with van der Waals surface area (Å²) in [5.74, 6) is 0. The van der Waals surface area contributed by atoms with Crippen LogP contribution in [-0.4, -0.2) is 6.29 Å². The lowest BCUT2D eigenvalue weighted by Gasteiger charge is -1.91. The average molecular weight is 286 g/mol. The van der Waals surface area contributed by atoms with Crippen molar-refractivity contribution in [3.8, 4) is 0 Å². The van der Waals surface area contributed by atoms with Crippen LogP contribution in [0.5, 0.6) is 0 Å². The third-order valence-electron chi connectivity index (χ3n) is 4.15. The van der Waals surface area contributed by atoms with Crippen molar-refractivity contribution >= 4 is 50.2 Å². The van der Waals surface area contributed by atoms with E-state index in [-0.39, 0.29) is 0 Å². The first kappa shape index (κ1) is 11.6. The zero-order valence-electron chi connectivity index (χ0n) is 11.5. The second-order valence-corrected chi connectivity index (χ2v) is 5.39. The monoisotopic (exact) mass is 286 g/mol. The molecule has 0 aliphatic rings. The van der Waals surface area contributed by atoms with Crippen molar-refractivity contribution in [1.82, 2.24) is 0 Å². The van der Waals surface area contributed by atoms with Gasteiger partial charge in [0, 0.05) is 21.5 Å². The number of para-hydroxylation sites is 2. The molecule has 2 heterocycles. The second kappa shape index (κ2) is 3.98. The highest BCUT2D eigenvalue weighted by atomic mass is 16.3. The molecule has 104 valence electrons. The predicted octanol–water partition coefficient (Wildman–Crippen LogP) is 5.30. The van der Waals surface area contributed by atoms with Crippen LogP contribution < -0.4 is 0 Å². The smallest absolute Gasteiger partial charge is 0.153 e. The molecule has 0 unspecified atom stereocenters. The maximum absolute atomic E-state index is 11.2. The van der Waals surface area contributed by atoms with Crippen molar-refractivity contribution in [3.05, 3.63) is 60.2 Å². The molecule has 0 bridgehead atoms. The summed E-state index contributed by atoms with van der Waals surface area (Å²) in [5.41, 5.74) is 3.65. The first-order valence-corrected chi connectivity index (χ1v) is 7.07. The van der Waals surface area contributed by atoms with Crippen LogP contribution in [0.4, 0.5) is 0 Å². The van der Waals surface area contributed by atoms with Crippen LogP contribution in [0.2, 0.25) is 0 Å². The highest BCUT2D eigenvalue weighted by molar-refractivity contribution is 6.16. The fourth-order valence-electron chi connectivity index (χ4n) is 3.13. The molecule has 2 aromatic heterocycles. The van der Waals surface area contributed by atoms with E-state index in [0.29, 0.717) is 11.1 Å². The van der Waals surface area contributed by atoms with E-state index >= 15 is 0 Å². The largest absolute Gasteiger partial charge is 0.456 e. The Labute approximate surface area is 124 Å². The van der Waals surface area contributed by atoms with Crippen molar-refractivity contribution in [2.75, 3.05) is 0 Å². The van der Waals surface area contributed by atoms with Crippen LogP contribution in [-0.2, 0) is 0 Å². The quantitative estimate of drug-likeness (QED) is 0.393.